The van der Waals surface area contributed by atoms with Crippen LogP contribution in [0.3, 0.4) is 0 Å². The maximum Gasteiger partial charge on any atom is 0.313 e. The lowest BCUT2D eigenvalue weighted by molar-refractivity contribution is -0.136. The van der Waals surface area contributed by atoms with E-state index < -0.39 is 11.8 Å². The highest BCUT2D eigenvalue weighted by Crippen LogP contribution is 2.23. The molecule has 2 heterocycles. The molecular formula is C20H22N4O2. The molecule has 0 aliphatic carbocycles. The van der Waals surface area contributed by atoms with Gasteiger partial charge in [-0.3, -0.25) is 14.6 Å². The van der Waals surface area contributed by atoms with E-state index in [4.69, 9.17) is 0 Å². The lowest BCUT2D eigenvalue weighted by atomic mass is 9.97. The number of rotatable bonds is 4. The maximum absolute atomic E-state index is 12.4. The number of nitrogens with zero attached hydrogens (tertiary/aromatic N) is 1. The molecule has 134 valence electrons. The fourth-order valence-corrected chi connectivity index (χ4v) is 2.90. The molecule has 1 atom stereocenters. The summed E-state index contributed by atoms with van der Waals surface area (Å²) >= 11 is 0. The van der Waals surface area contributed by atoms with Crippen molar-refractivity contribution in [2.24, 2.45) is 5.92 Å². The smallest absolute Gasteiger partial charge is 0.313 e. The van der Waals surface area contributed by atoms with E-state index in [9.17, 15) is 9.59 Å². The molecule has 0 unspecified atom stereocenters. The van der Waals surface area contributed by atoms with Crippen molar-refractivity contribution < 1.29 is 9.59 Å². The Morgan fingerprint density at radius 1 is 1.12 bits per heavy atom. The van der Waals surface area contributed by atoms with Crippen LogP contribution in [0.1, 0.15) is 31.1 Å². The van der Waals surface area contributed by atoms with Gasteiger partial charge in [-0.15, -0.1) is 0 Å². The van der Waals surface area contributed by atoms with Crippen LogP contribution in [0.2, 0.25) is 0 Å². The van der Waals surface area contributed by atoms with Gasteiger partial charge in [0.05, 0.1) is 11.7 Å². The minimum atomic E-state index is -0.695. The summed E-state index contributed by atoms with van der Waals surface area (Å²) in [4.78, 5) is 32.2. The second-order valence-corrected chi connectivity index (χ2v) is 6.63. The van der Waals surface area contributed by atoms with Crippen molar-refractivity contribution in [2.45, 2.75) is 26.8 Å². The van der Waals surface area contributed by atoms with E-state index in [0.29, 0.717) is 5.69 Å². The van der Waals surface area contributed by atoms with Crippen LogP contribution >= 0.6 is 0 Å². The molecule has 0 bridgehead atoms. The molecule has 3 rings (SSSR count). The van der Waals surface area contributed by atoms with E-state index in [2.05, 4.69) is 20.6 Å². The number of amides is 2. The molecule has 0 aliphatic rings. The molecule has 0 saturated carbocycles. The first-order valence-corrected chi connectivity index (χ1v) is 8.56. The third-order valence-electron chi connectivity index (χ3n) is 4.32. The Balaban J connectivity index is 1.72. The van der Waals surface area contributed by atoms with Crippen LogP contribution in [0, 0.1) is 12.8 Å². The normalized spacial score (nSPS) is 12.2. The highest BCUT2D eigenvalue weighted by atomic mass is 16.2. The molecule has 0 fully saturated rings. The molecule has 0 aliphatic heterocycles. The van der Waals surface area contributed by atoms with Crippen molar-refractivity contribution >= 4 is 28.4 Å². The van der Waals surface area contributed by atoms with E-state index in [1.165, 1.54) is 0 Å². The maximum atomic E-state index is 12.4. The lowest BCUT2D eigenvalue weighted by Crippen LogP contribution is -2.40. The van der Waals surface area contributed by atoms with Crippen LogP contribution in [-0.4, -0.2) is 21.8 Å². The molecule has 3 aromatic rings. The summed E-state index contributed by atoms with van der Waals surface area (Å²) in [7, 11) is 0. The monoisotopic (exact) mass is 350 g/mol. The fraction of sp³-hybridized carbons (Fsp3) is 0.250. The average molecular weight is 350 g/mol. The van der Waals surface area contributed by atoms with Gasteiger partial charge in [0.2, 0.25) is 0 Å². The number of aryl methyl sites for hydroxylation is 1. The number of carbonyl (C=O) groups excluding carboxylic acids is 2. The number of benzene rings is 1. The average Bonchev–Trinajstić information content (AvgIpc) is 3.07. The van der Waals surface area contributed by atoms with E-state index in [-0.39, 0.29) is 12.0 Å². The van der Waals surface area contributed by atoms with Crippen LogP contribution < -0.4 is 10.6 Å². The number of carbonyl (C=O) groups is 2. The van der Waals surface area contributed by atoms with Crippen molar-refractivity contribution in [3.05, 3.63) is 60.0 Å². The molecule has 6 heteroatoms. The van der Waals surface area contributed by atoms with Gasteiger partial charge in [-0.05, 0) is 48.7 Å². The SMILES string of the molecule is Cc1cccnc1[C@H](NC(=O)C(=O)Nc1ccc2[nH]ccc2c1)C(C)C. The van der Waals surface area contributed by atoms with Gasteiger partial charge in [-0.2, -0.15) is 0 Å². The van der Waals surface area contributed by atoms with E-state index in [0.717, 1.165) is 22.2 Å². The Kier molecular flexibility index (Phi) is 5.02. The molecule has 3 N–H and O–H groups in total. The van der Waals surface area contributed by atoms with Crippen molar-refractivity contribution in [1.29, 1.82) is 0 Å². The highest BCUT2D eigenvalue weighted by Gasteiger charge is 2.24. The molecule has 0 saturated heterocycles. The van der Waals surface area contributed by atoms with Crippen molar-refractivity contribution in [3.8, 4) is 0 Å². The predicted octanol–water partition coefficient (Wildman–Crippen LogP) is 3.32. The molecule has 6 nitrogen and oxygen atoms in total. The zero-order valence-electron chi connectivity index (χ0n) is 15.0. The standard InChI is InChI=1S/C20H22N4O2/c1-12(2)17(18-13(3)5-4-9-22-18)24-20(26)19(25)23-15-6-7-16-14(11-15)8-10-21-16/h4-12,17,21H,1-3H3,(H,23,25)(H,24,26)/t17-/m1/s1. The van der Waals surface area contributed by atoms with Crippen molar-refractivity contribution in [2.75, 3.05) is 5.32 Å². The quantitative estimate of drug-likeness (QED) is 0.631. The van der Waals surface area contributed by atoms with E-state index >= 15 is 0 Å². The molecular weight excluding hydrogens is 328 g/mol. The fourth-order valence-electron chi connectivity index (χ4n) is 2.90. The summed E-state index contributed by atoms with van der Waals surface area (Å²) in [5, 5.41) is 6.42. The first-order valence-electron chi connectivity index (χ1n) is 8.56. The lowest BCUT2D eigenvalue weighted by Gasteiger charge is -2.23. The number of pyridine rings is 1. The molecule has 2 aromatic heterocycles. The number of nitrogens with one attached hydrogen (secondary N) is 3. The number of anilines is 1. The van der Waals surface area contributed by atoms with E-state index in [1.807, 2.05) is 57.3 Å². The van der Waals surface area contributed by atoms with Crippen molar-refractivity contribution in [1.82, 2.24) is 15.3 Å². The van der Waals surface area contributed by atoms with Gasteiger partial charge in [0.15, 0.2) is 0 Å². The number of fused-ring (bicyclic) bond motifs is 1. The largest absolute Gasteiger partial charge is 0.361 e. The van der Waals surface area contributed by atoms with Gasteiger partial charge < -0.3 is 15.6 Å². The minimum absolute atomic E-state index is 0.0940. The summed E-state index contributed by atoms with van der Waals surface area (Å²) in [5.41, 5.74) is 3.30. The number of aromatic nitrogens is 2. The summed E-state index contributed by atoms with van der Waals surface area (Å²) in [5.74, 6) is -1.28. The first kappa shape index (κ1) is 17.7. The first-order chi connectivity index (χ1) is 12.5. The predicted molar refractivity (Wildman–Crippen MR) is 102 cm³/mol. The zero-order valence-corrected chi connectivity index (χ0v) is 15.0. The van der Waals surface area contributed by atoms with Gasteiger partial charge in [0, 0.05) is 29.0 Å². The van der Waals surface area contributed by atoms with E-state index in [1.54, 1.807) is 12.3 Å². The Morgan fingerprint density at radius 3 is 2.65 bits per heavy atom. The number of H-pyrrole nitrogens is 1. The van der Waals surface area contributed by atoms with Gasteiger partial charge >= 0.3 is 11.8 Å². The van der Waals surface area contributed by atoms with Crippen LogP contribution in [-0.2, 0) is 9.59 Å². The van der Waals surface area contributed by atoms with Gasteiger partial charge in [0.1, 0.15) is 0 Å². The minimum Gasteiger partial charge on any atom is -0.361 e. The highest BCUT2D eigenvalue weighted by molar-refractivity contribution is 6.39. The second-order valence-electron chi connectivity index (χ2n) is 6.63. The van der Waals surface area contributed by atoms with Gasteiger partial charge in [-0.25, -0.2) is 0 Å². The number of aromatic amines is 1. The molecule has 2 amide bonds. The van der Waals surface area contributed by atoms with Gasteiger partial charge in [0.25, 0.3) is 0 Å². The molecule has 0 spiro atoms. The second kappa shape index (κ2) is 7.39. The van der Waals surface area contributed by atoms with Crippen molar-refractivity contribution in [3.63, 3.8) is 0 Å². The summed E-state index contributed by atoms with van der Waals surface area (Å²) < 4.78 is 0. The molecule has 26 heavy (non-hydrogen) atoms. The van der Waals surface area contributed by atoms with Crippen LogP contribution in [0.5, 0.6) is 0 Å². The van der Waals surface area contributed by atoms with Crippen LogP contribution in [0.15, 0.2) is 48.8 Å². The topological polar surface area (TPSA) is 86.9 Å². The summed E-state index contributed by atoms with van der Waals surface area (Å²) in [6, 6.07) is 10.8. The van der Waals surface area contributed by atoms with Crippen LogP contribution in [0.4, 0.5) is 5.69 Å². The van der Waals surface area contributed by atoms with Gasteiger partial charge in [-0.1, -0.05) is 19.9 Å². The number of hydrogen-bond acceptors (Lipinski definition) is 3. The Bertz CT molecular complexity index is 946. The summed E-state index contributed by atoms with van der Waals surface area (Å²) in [6.45, 7) is 5.91. The Morgan fingerprint density at radius 2 is 1.92 bits per heavy atom. The zero-order chi connectivity index (χ0) is 18.7. The molecule has 0 radical (unpaired) electrons. The Labute approximate surface area is 152 Å². The number of hydrogen-bond donors (Lipinski definition) is 3. The van der Waals surface area contributed by atoms with Crippen LogP contribution in [0.25, 0.3) is 10.9 Å². The summed E-state index contributed by atoms with van der Waals surface area (Å²) in [6.07, 6.45) is 3.52. The third-order valence-corrected chi connectivity index (χ3v) is 4.32. The Hall–Kier alpha value is -3.15. The molecule has 1 aromatic carbocycles. The third kappa shape index (κ3) is 3.74.